The van der Waals surface area contributed by atoms with Crippen LogP contribution in [0.25, 0.3) is 5.69 Å². The number of hydrogen-bond acceptors (Lipinski definition) is 4. The van der Waals surface area contributed by atoms with Crippen LogP contribution in [0.15, 0.2) is 48.8 Å². The number of aromatic nitrogens is 3. The largest absolute Gasteiger partial charge is 0.457 e. The summed E-state index contributed by atoms with van der Waals surface area (Å²) < 4.78 is 40.3. The molecule has 4 rings (SSSR count). The molecule has 0 radical (unpaired) electrons. The van der Waals surface area contributed by atoms with Crippen molar-refractivity contribution in [2.24, 2.45) is 0 Å². The Hall–Kier alpha value is -2.51. The second-order valence-corrected chi connectivity index (χ2v) is 6.43. The van der Waals surface area contributed by atoms with Crippen molar-refractivity contribution in [3.63, 3.8) is 0 Å². The van der Waals surface area contributed by atoms with Crippen molar-refractivity contribution in [2.75, 3.05) is 6.61 Å². The van der Waals surface area contributed by atoms with E-state index in [-0.39, 0.29) is 18.2 Å². The maximum absolute atomic E-state index is 14.2. The Morgan fingerprint density at radius 2 is 1.96 bits per heavy atom. The van der Waals surface area contributed by atoms with E-state index in [0.717, 1.165) is 6.07 Å². The van der Waals surface area contributed by atoms with E-state index in [1.165, 1.54) is 23.1 Å². The van der Waals surface area contributed by atoms with E-state index in [0.29, 0.717) is 10.7 Å². The molecule has 0 spiro atoms. The molecule has 2 atom stereocenters. The van der Waals surface area contributed by atoms with Gasteiger partial charge in [-0.3, -0.25) is 0 Å². The molecule has 134 valence electrons. The molecule has 0 amide bonds. The average molecular weight is 378 g/mol. The first-order chi connectivity index (χ1) is 12.5. The molecule has 0 aliphatic carbocycles. The first kappa shape index (κ1) is 16.9. The Labute approximate surface area is 153 Å². The van der Waals surface area contributed by atoms with Crippen molar-refractivity contribution in [1.82, 2.24) is 14.8 Å². The maximum Gasteiger partial charge on any atom is 0.320 e. The zero-order valence-electron chi connectivity index (χ0n) is 13.7. The van der Waals surface area contributed by atoms with Gasteiger partial charge in [-0.05, 0) is 37.3 Å². The van der Waals surface area contributed by atoms with Crippen LogP contribution in [0, 0.1) is 11.6 Å². The molecule has 0 bridgehead atoms. The fourth-order valence-corrected chi connectivity index (χ4v) is 2.97. The van der Waals surface area contributed by atoms with Crippen LogP contribution in [-0.4, -0.2) is 27.5 Å². The van der Waals surface area contributed by atoms with Crippen molar-refractivity contribution in [3.8, 4) is 11.7 Å². The molecule has 1 aromatic heterocycles. The Bertz CT molecular complexity index is 942. The van der Waals surface area contributed by atoms with E-state index in [4.69, 9.17) is 21.1 Å². The van der Waals surface area contributed by atoms with Crippen molar-refractivity contribution in [1.29, 1.82) is 0 Å². The van der Waals surface area contributed by atoms with Gasteiger partial charge in [0.05, 0.1) is 12.3 Å². The summed E-state index contributed by atoms with van der Waals surface area (Å²) >= 11 is 5.90. The summed E-state index contributed by atoms with van der Waals surface area (Å²) in [5.41, 5.74) is -0.00837. The molecule has 8 heteroatoms. The second kappa shape index (κ2) is 6.34. The van der Waals surface area contributed by atoms with Crippen LogP contribution in [0.2, 0.25) is 5.02 Å². The Balaban J connectivity index is 1.60. The molecular weight excluding hydrogens is 364 g/mol. The quantitative estimate of drug-likeness (QED) is 0.633. The first-order valence-electron chi connectivity index (χ1n) is 7.92. The molecule has 0 saturated carbocycles. The highest BCUT2D eigenvalue weighted by Gasteiger charge is 2.54. The lowest BCUT2D eigenvalue weighted by molar-refractivity contribution is 0.0955. The van der Waals surface area contributed by atoms with Crippen LogP contribution in [0.3, 0.4) is 0 Å². The van der Waals surface area contributed by atoms with Crippen LogP contribution in [-0.2, 0) is 10.3 Å². The van der Waals surface area contributed by atoms with Crippen LogP contribution < -0.4 is 4.74 Å². The zero-order valence-corrected chi connectivity index (χ0v) is 14.5. The van der Waals surface area contributed by atoms with Crippen LogP contribution in [0.4, 0.5) is 8.78 Å². The minimum absolute atomic E-state index is 0.234. The van der Waals surface area contributed by atoms with Gasteiger partial charge < -0.3 is 9.47 Å². The normalized spacial score (nSPS) is 20.0. The van der Waals surface area contributed by atoms with Crippen molar-refractivity contribution < 1.29 is 18.3 Å². The molecule has 1 aliphatic heterocycles. The van der Waals surface area contributed by atoms with E-state index in [2.05, 4.69) is 10.1 Å². The third-order valence-corrected chi connectivity index (χ3v) is 4.62. The average Bonchev–Trinajstić information content (AvgIpc) is 3.29. The number of rotatable bonds is 5. The molecule has 3 aromatic rings. The molecule has 2 heterocycles. The molecule has 26 heavy (non-hydrogen) atoms. The SMILES string of the molecule is C[C@@H](Oc1ncnn1-c1ccc(Cl)cc1)C1(c2ccc(F)cc2F)CO1. The Kier molecular flexibility index (Phi) is 4.13. The molecule has 0 N–H and O–H groups in total. The summed E-state index contributed by atoms with van der Waals surface area (Å²) in [6, 6.07) is 10.6. The highest BCUT2D eigenvalue weighted by molar-refractivity contribution is 6.30. The van der Waals surface area contributed by atoms with Gasteiger partial charge in [0, 0.05) is 16.7 Å². The molecule has 1 unspecified atom stereocenters. The predicted octanol–water partition coefficient (Wildman–Crippen LogP) is 3.89. The third-order valence-electron chi connectivity index (χ3n) is 4.37. The zero-order chi connectivity index (χ0) is 18.3. The Morgan fingerprint density at radius 3 is 2.62 bits per heavy atom. The summed E-state index contributed by atoms with van der Waals surface area (Å²) in [5.74, 6) is -1.31. The maximum atomic E-state index is 14.2. The van der Waals surface area contributed by atoms with E-state index in [1.54, 1.807) is 31.2 Å². The standard InChI is InChI=1S/C18H14ClF2N3O2/c1-11(18(9-25-18)15-7-4-13(20)8-16(15)21)26-17-22-10-23-24(17)14-5-2-12(19)3-6-14/h2-8,10-11H,9H2,1H3/t11-,18?/m1/s1. The van der Waals surface area contributed by atoms with Gasteiger partial charge in [-0.2, -0.15) is 14.8 Å². The fourth-order valence-electron chi connectivity index (χ4n) is 2.84. The van der Waals surface area contributed by atoms with Crippen LogP contribution in [0.5, 0.6) is 6.01 Å². The smallest absolute Gasteiger partial charge is 0.320 e. The molecule has 1 aliphatic rings. The minimum Gasteiger partial charge on any atom is -0.457 e. The third kappa shape index (κ3) is 2.93. The number of ether oxygens (including phenoxy) is 2. The molecule has 5 nitrogen and oxygen atoms in total. The van der Waals surface area contributed by atoms with Gasteiger partial charge >= 0.3 is 6.01 Å². The summed E-state index contributed by atoms with van der Waals surface area (Å²) in [4.78, 5) is 4.11. The first-order valence-corrected chi connectivity index (χ1v) is 8.29. The molecule has 2 aromatic carbocycles. The van der Waals surface area contributed by atoms with E-state index < -0.39 is 23.3 Å². The van der Waals surface area contributed by atoms with Crippen molar-refractivity contribution in [3.05, 3.63) is 71.0 Å². The van der Waals surface area contributed by atoms with Crippen LogP contribution in [0.1, 0.15) is 12.5 Å². The summed E-state index contributed by atoms with van der Waals surface area (Å²) in [6.07, 6.45) is 0.785. The second-order valence-electron chi connectivity index (χ2n) is 5.99. The number of halogens is 3. The highest BCUT2D eigenvalue weighted by Crippen LogP contribution is 2.44. The molecular formula is C18H14ClF2N3O2. The van der Waals surface area contributed by atoms with E-state index >= 15 is 0 Å². The Morgan fingerprint density at radius 1 is 1.23 bits per heavy atom. The lowest BCUT2D eigenvalue weighted by Gasteiger charge is -2.22. The molecule has 1 fully saturated rings. The monoisotopic (exact) mass is 377 g/mol. The lowest BCUT2D eigenvalue weighted by Crippen LogP contribution is -2.32. The van der Waals surface area contributed by atoms with Crippen LogP contribution >= 0.6 is 11.6 Å². The number of epoxide rings is 1. The van der Waals surface area contributed by atoms with Gasteiger partial charge in [0.15, 0.2) is 5.60 Å². The molecule has 1 saturated heterocycles. The minimum atomic E-state index is -0.978. The topological polar surface area (TPSA) is 52.5 Å². The highest BCUT2D eigenvalue weighted by atomic mass is 35.5. The number of nitrogens with zero attached hydrogens (tertiary/aromatic N) is 3. The summed E-state index contributed by atoms with van der Waals surface area (Å²) in [7, 11) is 0. The van der Waals surface area contributed by atoms with E-state index in [9.17, 15) is 8.78 Å². The predicted molar refractivity (Wildman–Crippen MR) is 90.4 cm³/mol. The lowest BCUT2D eigenvalue weighted by atomic mass is 9.94. The fraction of sp³-hybridized carbons (Fsp3) is 0.222. The summed E-state index contributed by atoms with van der Waals surface area (Å²) in [5, 5.41) is 4.75. The van der Waals surface area contributed by atoms with Crippen molar-refractivity contribution in [2.45, 2.75) is 18.6 Å². The van der Waals surface area contributed by atoms with Gasteiger partial charge in [0.25, 0.3) is 0 Å². The van der Waals surface area contributed by atoms with Gasteiger partial charge in [-0.15, -0.1) is 0 Å². The number of hydrogen-bond donors (Lipinski definition) is 0. The number of benzene rings is 2. The van der Waals surface area contributed by atoms with Gasteiger partial charge in [-0.1, -0.05) is 17.7 Å². The van der Waals surface area contributed by atoms with E-state index in [1.807, 2.05) is 0 Å². The van der Waals surface area contributed by atoms with Gasteiger partial charge in [-0.25, -0.2) is 8.78 Å². The van der Waals surface area contributed by atoms with Gasteiger partial charge in [0.1, 0.15) is 24.1 Å². The van der Waals surface area contributed by atoms with Gasteiger partial charge in [0.2, 0.25) is 0 Å². The summed E-state index contributed by atoms with van der Waals surface area (Å²) in [6.45, 7) is 2.02. The van der Waals surface area contributed by atoms with Crippen molar-refractivity contribution >= 4 is 11.6 Å².